The van der Waals surface area contributed by atoms with Crippen molar-refractivity contribution < 1.29 is 47.7 Å². The molecular weight excluding hydrogens is 869 g/mol. The SMILES string of the molecule is COCOc1cc(OCOC)c(C(=O)N2Cc3ccc(CN4CCC(CC(=O)N5CCN(c6ccc7c(c6)CN(C6CCC(=O)NC6=O)C7=O)CC5)CC4)cc3C2)c(OCC2CCCCC2)c1C. The maximum atomic E-state index is 14.6. The Morgan fingerprint density at radius 1 is 0.706 bits per heavy atom. The number of piperidine rings is 2. The Hall–Kier alpha value is -5.71. The summed E-state index contributed by atoms with van der Waals surface area (Å²) in [5.74, 6) is 1.31. The zero-order chi connectivity index (χ0) is 47.3. The van der Waals surface area contributed by atoms with E-state index in [2.05, 4.69) is 33.3 Å². The number of methoxy groups -OCH3 is 2. The van der Waals surface area contributed by atoms with E-state index in [1.54, 1.807) is 25.2 Å². The number of carbonyl (C=O) groups is 5. The van der Waals surface area contributed by atoms with Gasteiger partial charge in [-0.15, -0.1) is 0 Å². The fourth-order valence-corrected chi connectivity index (χ4v) is 11.0. The van der Waals surface area contributed by atoms with Crippen LogP contribution in [0.5, 0.6) is 17.2 Å². The summed E-state index contributed by atoms with van der Waals surface area (Å²) in [6.45, 7) is 9.11. The zero-order valence-corrected chi connectivity index (χ0v) is 39.9. The van der Waals surface area contributed by atoms with Crippen LogP contribution >= 0.6 is 0 Å². The smallest absolute Gasteiger partial charge is 0.262 e. The molecule has 5 amide bonds. The number of carbonyl (C=O) groups excluding carboxylic acids is 5. The summed E-state index contributed by atoms with van der Waals surface area (Å²) in [6, 6.07) is 13.5. The largest absolute Gasteiger partial charge is 0.492 e. The number of anilines is 1. The van der Waals surface area contributed by atoms with Gasteiger partial charge in [0.25, 0.3) is 11.8 Å². The molecule has 364 valence electrons. The quantitative estimate of drug-likeness (QED) is 0.136. The van der Waals surface area contributed by atoms with Gasteiger partial charge >= 0.3 is 0 Å². The minimum atomic E-state index is -0.638. The highest BCUT2D eigenvalue weighted by molar-refractivity contribution is 6.05. The van der Waals surface area contributed by atoms with E-state index in [0.717, 1.165) is 73.3 Å². The van der Waals surface area contributed by atoms with E-state index in [4.69, 9.17) is 23.7 Å². The number of hydrogen-bond donors (Lipinski definition) is 1. The van der Waals surface area contributed by atoms with Gasteiger partial charge in [-0.05, 0) is 104 Å². The van der Waals surface area contributed by atoms with E-state index in [-0.39, 0.29) is 43.6 Å². The molecule has 3 aromatic rings. The number of nitrogens with zero attached hydrogens (tertiary/aromatic N) is 5. The van der Waals surface area contributed by atoms with Gasteiger partial charge in [0.15, 0.2) is 13.6 Å². The second kappa shape index (κ2) is 21.3. The van der Waals surface area contributed by atoms with Gasteiger partial charge in [-0.1, -0.05) is 37.5 Å². The Bertz CT molecular complexity index is 2370. The molecule has 6 aliphatic rings. The molecule has 68 heavy (non-hydrogen) atoms. The van der Waals surface area contributed by atoms with Crippen LogP contribution in [0.2, 0.25) is 0 Å². The van der Waals surface area contributed by atoms with Crippen molar-refractivity contribution in [2.24, 2.45) is 11.8 Å². The van der Waals surface area contributed by atoms with E-state index < -0.39 is 11.9 Å². The number of ether oxygens (including phenoxy) is 5. The molecule has 3 aromatic carbocycles. The molecular formula is C52H66N6O10. The van der Waals surface area contributed by atoms with Crippen molar-refractivity contribution in [1.82, 2.24) is 24.9 Å². The normalized spacial score (nSPS) is 20.4. The Labute approximate surface area is 399 Å². The van der Waals surface area contributed by atoms with Gasteiger partial charge in [-0.25, -0.2) is 0 Å². The highest BCUT2D eigenvalue weighted by Gasteiger charge is 2.40. The van der Waals surface area contributed by atoms with E-state index in [0.29, 0.717) is 105 Å². The summed E-state index contributed by atoms with van der Waals surface area (Å²) in [5.41, 5.74) is 7.08. The predicted octanol–water partition coefficient (Wildman–Crippen LogP) is 5.79. The molecule has 16 nitrogen and oxygen atoms in total. The maximum Gasteiger partial charge on any atom is 0.262 e. The molecule has 5 heterocycles. The summed E-state index contributed by atoms with van der Waals surface area (Å²) < 4.78 is 29.0. The Morgan fingerprint density at radius 3 is 2.18 bits per heavy atom. The van der Waals surface area contributed by atoms with Crippen molar-refractivity contribution >= 4 is 35.2 Å². The van der Waals surface area contributed by atoms with E-state index >= 15 is 0 Å². The molecule has 1 saturated carbocycles. The fraction of sp³-hybridized carbons (Fsp3) is 0.558. The number of fused-ring (bicyclic) bond motifs is 2. The van der Waals surface area contributed by atoms with Gasteiger partial charge in [-0.3, -0.25) is 34.2 Å². The molecule has 1 unspecified atom stereocenters. The second-order valence-electron chi connectivity index (χ2n) is 19.4. The topological polar surface area (TPSA) is 160 Å². The summed E-state index contributed by atoms with van der Waals surface area (Å²) in [6.07, 6.45) is 8.91. The molecule has 9 rings (SSSR count). The number of benzene rings is 3. The first kappa shape index (κ1) is 47.4. The molecule has 4 fully saturated rings. The van der Waals surface area contributed by atoms with Crippen LogP contribution < -0.4 is 24.4 Å². The van der Waals surface area contributed by atoms with Crippen LogP contribution in [0.4, 0.5) is 5.69 Å². The Balaban J connectivity index is 0.758. The van der Waals surface area contributed by atoms with Gasteiger partial charge in [0, 0.05) is 102 Å². The minimum Gasteiger partial charge on any atom is -0.492 e. The van der Waals surface area contributed by atoms with E-state index in [1.807, 2.05) is 34.9 Å². The first-order valence-electron chi connectivity index (χ1n) is 24.5. The molecule has 0 bridgehead atoms. The third-order valence-corrected chi connectivity index (χ3v) is 14.9. The second-order valence-corrected chi connectivity index (χ2v) is 19.4. The van der Waals surface area contributed by atoms with Crippen LogP contribution in [-0.2, 0) is 50.0 Å². The number of piperazine rings is 1. The lowest BCUT2D eigenvalue weighted by molar-refractivity contribution is -0.137. The zero-order valence-electron chi connectivity index (χ0n) is 39.9. The fourth-order valence-electron chi connectivity index (χ4n) is 11.0. The number of likely N-dealkylation sites (tertiary alicyclic amines) is 1. The monoisotopic (exact) mass is 934 g/mol. The number of rotatable bonds is 16. The third-order valence-electron chi connectivity index (χ3n) is 14.9. The highest BCUT2D eigenvalue weighted by Crippen LogP contribution is 2.42. The van der Waals surface area contributed by atoms with Crippen LogP contribution in [0.25, 0.3) is 0 Å². The molecule has 1 N–H and O–H groups in total. The number of imide groups is 1. The van der Waals surface area contributed by atoms with Gasteiger partial charge in [0.05, 0.1) is 6.61 Å². The van der Waals surface area contributed by atoms with Crippen molar-refractivity contribution in [3.63, 3.8) is 0 Å². The van der Waals surface area contributed by atoms with E-state index in [9.17, 15) is 24.0 Å². The number of nitrogens with one attached hydrogen (secondary N) is 1. The van der Waals surface area contributed by atoms with Gasteiger partial charge < -0.3 is 43.3 Å². The lowest BCUT2D eigenvalue weighted by Crippen LogP contribution is -2.52. The number of hydrogen-bond acceptors (Lipinski definition) is 12. The van der Waals surface area contributed by atoms with Crippen molar-refractivity contribution in [3.05, 3.63) is 81.4 Å². The number of amides is 5. The lowest BCUT2D eigenvalue weighted by atomic mass is 9.90. The Morgan fingerprint density at radius 2 is 1.44 bits per heavy atom. The molecule has 0 spiro atoms. The first-order chi connectivity index (χ1) is 33.1. The average molecular weight is 935 g/mol. The van der Waals surface area contributed by atoms with Gasteiger partial charge in [-0.2, -0.15) is 0 Å². The molecule has 0 radical (unpaired) electrons. The van der Waals surface area contributed by atoms with Crippen LogP contribution in [0, 0.1) is 18.8 Å². The summed E-state index contributed by atoms with van der Waals surface area (Å²) >= 11 is 0. The highest BCUT2D eigenvalue weighted by atomic mass is 16.7. The van der Waals surface area contributed by atoms with Crippen molar-refractivity contribution in [1.29, 1.82) is 0 Å². The minimum absolute atomic E-state index is 0.0362. The standard InChI is InChI=1S/C52H66N6O10/c1-34-44(67-32-64-2)26-45(68-33-65-3)48(49(34)66-31-36-7-5-4-6-8-36)52(63)57-28-38-10-9-37(23-39(38)29-57)27-54-17-15-35(16-18-54)24-47(60)56-21-19-55(20-22-56)41-11-12-42-40(25-41)30-58(51(42)62)43-13-14-46(59)53-50(43)61/h9-12,23,25-26,35-36,43H,4-8,13-22,24,27-33H2,1-3H3,(H,53,59,61). The lowest BCUT2D eigenvalue weighted by Gasteiger charge is -2.37. The van der Waals surface area contributed by atoms with Crippen molar-refractivity contribution in [3.8, 4) is 17.2 Å². The van der Waals surface area contributed by atoms with Crippen molar-refractivity contribution in [2.75, 3.05) is 78.6 Å². The van der Waals surface area contributed by atoms with Gasteiger partial charge in [0.2, 0.25) is 17.7 Å². The van der Waals surface area contributed by atoms with Crippen LogP contribution in [0.3, 0.4) is 0 Å². The third kappa shape index (κ3) is 10.5. The molecule has 0 aromatic heterocycles. The van der Waals surface area contributed by atoms with Crippen LogP contribution in [0.15, 0.2) is 42.5 Å². The van der Waals surface area contributed by atoms with Crippen LogP contribution in [0.1, 0.15) is 113 Å². The molecule has 16 heteroatoms. The Kier molecular flexibility index (Phi) is 14.8. The first-order valence-corrected chi connectivity index (χ1v) is 24.5. The molecule has 3 saturated heterocycles. The summed E-state index contributed by atoms with van der Waals surface area (Å²) in [5, 5.41) is 2.36. The van der Waals surface area contributed by atoms with E-state index in [1.165, 1.54) is 24.8 Å². The van der Waals surface area contributed by atoms with Gasteiger partial charge in [0.1, 0.15) is 28.9 Å². The molecule has 5 aliphatic heterocycles. The van der Waals surface area contributed by atoms with Crippen LogP contribution in [-0.4, -0.2) is 129 Å². The molecule has 1 atom stereocenters. The van der Waals surface area contributed by atoms with Crippen molar-refractivity contribution in [2.45, 2.75) is 103 Å². The summed E-state index contributed by atoms with van der Waals surface area (Å²) in [4.78, 5) is 75.7. The maximum absolute atomic E-state index is 14.6. The molecule has 1 aliphatic carbocycles. The predicted molar refractivity (Wildman–Crippen MR) is 252 cm³/mol. The average Bonchev–Trinajstić information content (AvgIpc) is 3.93. The summed E-state index contributed by atoms with van der Waals surface area (Å²) in [7, 11) is 3.12.